The number of H-pyrrole nitrogens is 1. The number of aromatic amines is 1. The van der Waals surface area contributed by atoms with Crippen molar-refractivity contribution in [3.63, 3.8) is 0 Å². The number of amides is 1. The van der Waals surface area contributed by atoms with Crippen molar-refractivity contribution in [3.05, 3.63) is 89.0 Å². The number of anilines is 1. The van der Waals surface area contributed by atoms with Crippen molar-refractivity contribution in [2.75, 3.05) is 12.0 Å². The summed E-state index contributed by atoms with van der Waals surface area (Å²) in [7, 11) is 1.48. The molecule has 1 atom stereocenters. The number of nitrogens with zero attached hydrogens (tertiary/aromatic N) is 2. The number of Topliss-reactive ketones (excluding diaryl/α,β-unsaturated/α-hetero) is 1. The number of nitrogens with one attached hydrogen (secondary N) is 1. The summed E-state index contributed by atoms with van der Waals surface area (Å²) in [4.78, 5) is 35.9. The average Bonchev–Trinajstić information content (AvgIpc) is 3.41. The van der Waals surface area contributed by atoms with E-state index in [1.54, 1.807) is 30.3 Å². The van der Waals surface area contributed by atoms with Crippen molar-refractivity contribution in [2.24, 2.45) is 0 Å². The van der Waals surface area contributed by atoms with Gasteiger partial charge in [-0.25, -0.2) is 4.98 Å². The van der Waals surface area contributed by atoms with Gasteiger partial charge in [0.25, 0.3) is 5.78 Å². The highest BCUT2D eigenvalue weighted by molar-refractivity contribution is 6.51. The van der Waals surface area contributed by atoms with E-state index >= 15 is 0 Å². The van der Waals surface area contributed by atoms with Gasteiger partial charge < -0.3 is 19.9 Å². The molecule has 3 N–H and O–H groups in total. The van der Waals surface area contributed by atoms with Gasteiger partial charge >= 0.3 is 5.91 Å². The van der Waals surface area contributed by atoms with Crippen LogP contribution >= 0.6 is 0 Å². The monoisotopic (exact) mass is 497 g/mol. The largest absolute Gasteiger partial charge is 0.508 e. The smallest absolute Gasteiger partial charge is 0.302 e. The normalized spacial score (nSPS) is 17.5. The van der Waals surface area contributed by atoms with Crippen LogP contribution in [-0.4, -0.2) is 39.0 Å². The number of imidazole rings is 1. The van der Waals surface area contributed by atoms with Gasteiger partial charge in [-0.2, -0.15) is 0 Å². The zero-order chi connectivity index (χ0) is 26.5. The van der Waals surface area contributed by atoms with Gasteiger partial charge in [-0.05, 0) is 52.9 Å². The zero-order valence-electron chi connectivity index (χ0n) is 20.9. The first-order valence-corrected chi connectivity index (χ1v) is 11.8. The Labute approximate surface area is 213 Å². The van der Waals surface area contributed by atoms with Crippen LogP contribution in [0, 0.1) is 0 Å². The highest BCUT2D eigenvalue weighted by Crippen LogP contribution is 2.43. The first-order valence-electron chi connectivity index (χ1n) is 11.8. The number of para-hydroxylation sites is 2. The van der Waals surface area contributed by atoms with E-state index in [-0.39, 0.29) is 28.4 Å². The SMILES string of the molecule is COc1ccc(C(C)(C)C)cc1/C(O)=C1\C(=O)C(=O)N(c2nc3ccccc3[nH]2)C1c1ccc(O)cc1. The third-order valence-electron chi connectivity index (χ3n) is 6.58. The first-order chi connectivity index (χ1) is 17.6. The second kappa shape index (κ2) is 8.81. The van der Waals surface area contributed by atoms with Crippen molar-refractivity contribution in [1.29, 1.82) is 0 Å². The number of aliphatic hydroxyl groups is 1. The molecule has 8 nitrogen and oxygen atoms in total. The molecule has 0 aliphatic carbocycles. The Morgan fingerprint density at radius 3 is 2.38 bits per heavy atom. The highest BCUT2D eigenvalue weighted by Gasteiger charge is 2.48. The molecule has 1 saturated heterocycles. The minimum atomic E-state index is -0.996. The van der Waals surface area contributed by atoms with Gasteiger partial charge in [0.15, 0.2) is 0 Å². The number of phenols is 1. The molecule has 5 rings (SSSR count). The topological polar surface area (TPSA) is 116 Å². The first kappa shape index (κ1) is 24.1. The van der Waals surface area contributed by atoms with Crippen LogP contribution in [0.4, 0.5) is 5.95 Å². The summed E-state index contributed by atoms with van der Waals surface area (Å²) in [5.74, 6) is -1.45. The summed E-state index contributed by atoms with van der Waals surface area (Å²) in [6.45, 7) is 6.11. The van der Waals surface area contributed by atoms with Crippen molar-refractivity contribution < 1.29 is 24.5 Å². The molecule has 188 valence electrons. The van der Waals surface area contributed by atoms with Gasteiger partial charge in [-0.1, -0.05) is 51.1 Å². The number of aromatic hydroxyl groups is 1. The van der Waals surface area contributed by atoms with E-state index < -0.39 is 17.7 Å². The van der Waals surface area contributed by atoms with Crippen molar-refractivity contribution in [2.45, 2.75) is 32.2 Å². The van der Waals surface area contributed by atoms with E-state index in [4.69, 9.17) is 4.74 Å². The molecule has 1 aliphatic heterocycles. The van der Waals surface area contributed by atoms with Crippen LogP contribution in [0.2, 0.25) is 0 Å². The standard InChI is InChI=1S/C29H27N3O5/c1-29(2,3)17-11-14-22(37-4)19(15-17)25(34)23-24(16-9-12-18(33)13-10-16)32(27(36)26(23)35)28-30-20-7-5-6-8-21(20)31-28/h5-15,24,33-34H,1-4H3,(H,30,31)/b25-23+. The number of hydrogen-bond acceptors (Lipinski definition) is 6. The average molecular weight is 498 g/mol. The maximum absolute atomic E-state index is 13.5. The number of benzene rings is 3. The Balaban J connectivity index is 1.76. The fraction of sp³-hybridized carbons (Fsp3) is 0.207. The molecule has 0 radical (unpaired) electrons. The fourth-order valence-corrected chi connectivity index (χ4v) is 4.58. The van der Waals surface area contributed by atoms with E-state index in [0.29, 0.717) is 27.9 Å². The van der Waals surface area contributed by atoms with Crippen molar-refractivity contribution in [3.8, 4) is 11.5 Å². The number of aromatic nitrogens is 2. The number of carbonyl (C=O) groups is 2. The summed E-state index contributed by atoms with van der Waals surface area (Å²) in [5.41, 5.74) is 2.74. The number of ketones is 1. The second-order valence-corrected chi connectivity index (χ2v) is 10.0. The number of carbonyl (C=O) groups excluding carboxylic acids is 2. The second-order valence-electron chi connectivity index (χ2n) is 10.0. The summed E-state index contributed by atoms with van der Waals surface area (Å²) in [5, 5.41) is 21.5. The van der Waals surface area contributed by atoms with Crippen LogP contribution in [0.5, 0.6) is 11.5 Å². The van der Waals surface area contributed by atoms with E-state index in [0.717, 1.165) is 5.56 Å². The molecule has 1 aromatic heterocycles. The lowest BCUT2D eigenvalue weighted by atomic mass is 9.85. The molecule has 1 amide bonds. The maximum Gasteiger partial charge on any atom is 0.302 e. The minimum Gasteiger partial charge on any atom is -0.508 e. The highest BCUT2D eigenvalue weighted by atomic mass is 16.5. The molecule has 1 unspecified atom stereocenters. The number of hydrogen-bond donors (Lipinski definition) is 3. The van der Waals surface area contributed by atoms with Gasteiger partial charge in [-0.15, -0.1) is 0 Å². The summed E-state index contributed by atoms with van der Waals surface area (Å²) >= 11 is 0. The molecular formula is C29H27N3O5. The van der Waals surface area contributed by atoms with Crippen LogP contribution in [-0.2, 0) is 15.0 Å². The van der Waals surface area contributed by atoms with Crippen molar-refractivity contribution in [1.82, 2.24) is 9.97 Å². The van der Waals surface area contributed by atoms with Crippen LogP contribution in [0.25, 0.3) is 16.8 Å². The fourth-order valence-electron chi connectivity index (χ4n) is 4.58. The maximum atomic E-state index is 13.5. The lowest BCUT2D eigenvalue weighted by molar-refractivity contribution is -0.132. The van der Waals surface area contributed by atoms with E-state index in [1.807, 2.05) is 45.0 Å². The Bertz CT molecular complexity index is 1530. The predicted octanol–water partition coefficient (Wildman–Crippen LogP) is 5.20. The Kier molecular flexibility index (Phi) is 5.75. The Hall–Kier alpha value is -4.59. The van der Waals surface area contributed by atoms with Crippen LogP contribution in [0.15, 0.2) is 72.3 Å². The Morgan fingerprint density at radius 2 is 1.73 bits per heavy atom. The molecule has 1 aliphatic rings. The van der Waals surface area contributed by atoms with Gasteiger partial charge in [0.2, 0.25) is 5.95 Å². The van der Waals surface area contributed by atoms with E-state index in [2.05, 4.69) is 9.97 Å². The van der Waals surface area contributed by atoms with Crippen LogP contribution in [0.3, 0.4) is 0 Å². The molecule has 0 spiro atoms. The molecule has 0 saturated carbocycles. The third kappa shape index (κ3) is 4.10. The summed E-state index contributed by atoms with van der Waals surface area (Å²) in [6.07, 6.45) is 0. The number of methoxy groups -OCH3 is 1. The number of fused-ring (bicyclic) bond motifs is 1. The third-order valence-corrected chi connectivity index (χ3v) is 6.58. The van der Waals surface area contributed by atoms with Gasteiger partial charge in [0, 0.05) is 0 Å². The lowest BCUT2D eigenvalue weighted by Gasteiger charge is -2.24. The number of ether oxygens (including phenoxy) is 1. The zero-order valence-corrected chi connectivity index (χ0v) is 20.9. The molecule has 0 bridgehead atoms. The van der Waals surface area contributed by atoms with E-state index in [9.17, 15) is 19.8 Å². The molecule has 4 aromatic rings. The molecule has 2 heterocycles. The number of phenolic OH excluding ortho intramolecular Hbond substituents is 1. The van der Waals surface area contributed by atoms with E-state index in [1.165, 1.54) is 24.1 Å². The van der Waals surface area contributed by atoms with Gasteiger partial charge in [0.05, 0.1) is 35.3 Å². The predicted molar refractivity (Wildman–Crippen MR) is 141 cm³/mol. The summed E-state index contributed by atoms with van der Waals surface area (Å²) < 4.78 is 5.51. The van der Waals surface area contributed by atoms with Gasteiger partial charge in [0.1, 0.15) is 17.3 Å². The molecule has 3 aromatic carbocycles. The Morgan fingerprint density at radius 1 is 1.03 bits per heavy atom. The van der Waals surface area contributed by atoms with Gasteiger partial charge in [-0.3, -0.25) is 14.5 Å². The summed E-state index contributed by atoms with van der Waals surface area (Å²) in [6, 6.07) is 17.8. The molecule has 37 heavy (non-hydrogen) atoms. The molecular weight excluding hydrogens is 470 g/mol. The minimum absolute atomic E-state index is 0.0315. The van der Waals surface area contributed by atoms with Crippen LogP contribution < -0.4 is 9.64 Å². The van der Waals surface area contributed by atoms with Crippen LogP contribution in [0.1, 0.15) is 43.5 Å². The number of aliphatic hydroxyl groups excluding tert-OH is 1. The molecule has 1 fully saturated rings. The molecule has 8 heteroatoms. The quantitative estimate of drug-likeness (QED) is 0.203. The number of rotatable bonds is 4. The van der Waals surface area contributed by atoms with Crippen molar-refractivity contribution >= 4 is 34.4 Å². The lowest BCUT2D eigenvalue weighted by Crippen LogP contribution is -2.30.